The summed E-state index contributed by atoms with van der Waals surface area (Å²) in [5, 5.41) is 6.62. The second-order valence-corrected chi connectivity index (χ2v) is 6.49. The first-order valence-electron chi connectivity index (χ1n) is 6.17. The number of nitrogens with zero attached hydrogens (tertiary/aromatic N) is 2. The number of thioether (sulfide) groups is 1. The topological polar surface area (TPSA) is 49.0 Å². The van der Waals surface area contributed by atoms with Gasteiger partial charge in [0.2, 0.25) is 5.91 Å². The van der Waals surface area contributed by atoms with Crippen molar-refractivity contribution in [2.24, 2.45) is 0 Å². The van der Waals surface area contributed by atoms with E-state index in [1.807, 2.05) is 26.1 Å². The summed E-state index contributed by atoms with van der Waals surface area (Å²) >= 11 is 5.01. The van der Waals surface area contributed by atoms with Crippen molar-refractivity contribution in [2.75, 3.05) is 12.8 Å². The summed E-state index contributed by atoms with van der Waals surface area (Å²) in [4.78, 5) is 14.9. The number of halogens is 1. The Bertz CT molecular complexity index is 586. The fraction of sp³-hybridized carbons (Fsp3) is 0.286. The predicted octanol–water partition coefficient (Wildman–Crippen LogP) is 3.23. The Labute approximate surface area is 131 Å². The van der Waals surface area contributed by atoms with Crippen LogP contribution in [-0.2, 0) is 11.3 Å². The molecule has 1 aromatic carbocycles. The van der Waals surface area contributed by atoms with Crippen molar-refractivity contribution >= 4 is 33.6 Å². The lowest BCUT2D eigenvalue weighted by molar-refractivity contribution is -0.127. The second kappa shape index (κ2) is 6.95. The molecule has 4 nitrogen and oxygen atoms in total. The van der Waals surface area contributed by atoms with Crippen LogP contribution in [0.15, 0.2) is 40.0 Å². The third kappa shape index (κ3) is 4.11. The molecule has 0 aliphatic heterocycles. The number of nitrogens with one attached hydrogen (secondary N) is 1. The highest BCUT2D eigenvalue weighted by molar-refractivity contribution is 9.10. The van der Waals surface area contributed by atoms with E-state index in [1.54, 1.807) is 29.1 Å². The Morgan fingerprint density at radius 2 is 2.30 bits per heavy atom. The zero-order valence-corrected chi connectivity index (χ0v) is 13.8. The van der Waals surface area contributed by atoms with Crippen LogP contribution in [0.3, 0.4) is 0 Å². The molecule has 0 aliphatic rings. The molecule has 1 aromatic heterocycles. The van der Waals surface area contributed by atoms with Crippen LogP contribution in [0, 0.1) is 6.92 Å². The molecule has 0 aliphatic carbocycles. The molecule has 2 rings (SSSR count). The van der Waals surface area contributed by atoms with Gasteiger partial charge in [-0.25, -0.2) is 0 Å². The third-order valence-corrected chi connectivity index (χ3v) is 4.54. The molecule has 0 saturated carbocycles. The second-order valence-electron chi connectivity index (χ2n) is 4.55. The number of rotatable bonds is 5. The van der Waals surface area contributed by atoms with Gasteiger partial charge in [0.1, 0.15) is 0 Å². The summed E-state index contributed by atoms with van der Waals surface area (Å²) in [7, 11) is 1.81. The molecule has 0 bridgehead atoms. The molecule has 106 valence electrons. The van der Waals surface area contributed by atoms with Gasteiger partial charge in [0.25, 0.3) is 0 Å². The van der Waals surface area contributed by atoms with Gasteiger partial charge in [-0.2, -0.15) is 5.10 Å². The van der Waals surface area contributed by atoms with Crippen molar-refractivity contribution in [3.8, 4) is 0 Å². The van der Waals surface area contributed by atoms with E-state index in [0.29, 0.717) is 12.3 Å². The summed E-state index contributed by atoms with van der Waals surface area (Å²) in [5.74, 6) is 0.551. The van der Waals surface area contributed by atoms with Gasteiger partial charge >= 0.3 is 0 Å². The van der Waals surface area contributed by atoms with E-state index in [0.717, 1.165) is 14.9 Å². The van der Waals surface area contributed by atoms with E-state index in [9.17, 15) is 4.79 Å². The smallest absolute Gasteiger partial charge is 0.232 e. The summed E-state index contributed by atoms with van der Waals surface area (Å²) in [6.45, 7) is 2.63. The van der Waals surface area contributed by atoms with Crippen molar-refractivity contribution in [3.63, 3.8) is 0 Å². The van der Waals surface area contributed by atoms with E-state index in [-0.39, 0.29) is 5.91 Å². The zero-order valence-electron chi connectivity index (χ0n) is 11.4. The average molecular weight is 354 g/mol. The molecular weight excluding hydrogens is 338 g/mol. The standard InChI is InChI=1S/C14H16BrN3OS/c1-10-5-12(15)3-4-13(10)20-9-14(19)18(2)8-11-6-16-17-7-11/h3-7H,8-9H2,1-2H3,(H,16,17). The van der Waals surface area contributed by atoms with Crippen LogP contribution < -0.4 is 0 Å². The summed E-state index contributed by atoms with van der Waals surface area (Å²) in [5.41, 5.74) is 2.18. The average Bonchev–Trinajstić information content (AvgIpc) is 2.90. The molecule has 1 heterocycles. The Hall–Kier alpha value is -1.27. The van der Waals surface area contributed by atoms with Crippen LogP contribution in [0.4, 0.5) is 0 Å². The quantitative estimate of drug-likeness (QED) is 0.839. The molecule has 0 unspecified atom stereocenters. The molecule has 0 atom stereocenters. The van der Waals surface area contributed by atoms with Gasteiger partial charge in [0.05, 0.1) is 11.9 Å². The molecular formula is C14H16BrN3OS. The number of H-pyrrole nitrogens is 1. The Morgan fingerprint density at radius 3 is 2.95 bits per heavy atom. The lowest BCUT2D eigenvalue weighted by atomic mass is 10.2. The van der Waals surface area contributed by atoms with Crippen LogP contribution in [0.5, 0.6) is 0 Å². The molecule has 20 heavy (non-hydrogen) atoms. The maximum Gasteiger partial charge on any atom is 0.232 e. The number of hydrogen-bond acceptors (Lipinski definition) is 3. The normalized spacial score (nSPS) is 10.6. The van der Waals surface area contributed by atoms with E-state index < -0.39 is 0 Å². The molecule has 6 heteroatoms. The fourth-order valence-electron chi connectivity index (χ4n) is 1.75. The zero-order chi connectivity index (χ0) is 14.5. The third-order valence-electron chi connectivity index (χ3n) is 2.89. The number of hydrogen-bond donors (Lipinski definition) is 1. The minimum absolute atomic E-state index is 0.110. The van der Waals surface area contributed by atoms with Crippen molar-refractivity contribution in [3.05, 3.63) is 46.2 Å². The number of carbonyl (C=O) groups excluding carboxylic acids is 1. The van der Waals surface area contributed by atoms with E-state index in [4.69, 9.17) is 0 Å². The van der Waals surface area contributed by atoms with Crippen molar-refractivity contribution in [1.82, 2.24) is 15.1 Å². The van der Waals surface area contributed by atoms with E-state index in [2.05, 4.69) is 32.2 Å². The highest BCUT2D eigenvalue weighted by Gasteiger charge is 2.11. The first kappa shape index (κ1) is 15.1. The number of carbonyl (C=O) groups is 1. The molecule has 1 amide bonds. The minimum atomic E-state index is 0.110. The van der Waals surface area contributed by atoms with Crippen LogP contribution in [-0.4, -0.2) is 33.8 Å². The Kier molecular flexibility index (Phi) is 5.25. The van der Waals surface area contributed by atoms with Gasteiger partial charge in [-0.15, -0.1) is 11.8 Å². The molecule has 0 spiro atoms. The van der Waals surface area contributed by atoms with Gasteiger partial charge < -0.3 is 4.90 Å². The van der Waals surface area contributed by atoms with Crippen molar-refractivity contribution in [2.45, 2.75) is 18.4 Å². The number of aryl methyl sites for hydroxylation is 1. The molecule has 2 aromatic rings. The largest absolute Gasteiger partial charge is 0.341 e. The van der Waals surface area contributed by atoms with Crippen molar-refractivity contribution < 1.29 is 4.79 Å². The summed E-state index contributed by atoms with van der Waals surface area (Å²) < 4.78 is 1.06. The SMILES string of the molecule is Cc1cc(Br)ccc1SCC(=O)N(C)Cc1cn[nH]c1. The highest BCUT2D eigenvalue weighted by atomic mass is 79.9. The monoisotopic (exact) mass is 353 g/mol. The maximum absolute atomic E-state index is 12.1. The van der Waals surface area contributed by atoms with Crippen LogP contribution >= 0.6 is 27.7 Å². The molecule has 0 saturated heterocycles. The van der Waals surface area contributed by atoms with E-state index >= 15 is 0 Å². The lowest BCUT2D eigenvalue weighted by Gasteiger charge is -2.16. The highest BCUT2D eigenvalue weighted by Crippen LogP contribution is 2.25. The van der Waals surface area contributed by atoms with Gasteiger partial charge in [0, 0.05) is 34.7 Å². The first-order valence-corrected chi connectivity index (χ1v) is 7.94. The van der Waals surface area contributed by atoms with E-state index in [1.165, 1.54) is 5.56 Å². The van der Waals surface area contributed by atoms with Crippen LogP contribution in [0.25, 0.3) is 0 Å². The maximum atomic E-state index is 12.1. The van der Waals surface area contributed by atoms with Crippen LogP contribution in [0.1, 0.15) is 11.1 Å². The Morgan fingerprint density at radius 1 is 1.50 bits per heavy atom. The molecule has 0 radical (unpaired) electrons. The number of benzene rings is 1. The summed E-state index contributed by atoms with van der Waals surface area (Å²) in [6.07, 6.45) is 3.53. The molecule has 0 fully saturated rings. The number of amides is 1. The predicted molar refractivity (Wildman–Crippen MR) is 84.7 cm³/mol. The van der Waals surface area contributed by atoms with Crippen LogP contribution in [0.2, 0.25) is 0 Å². The van der Waals surface area contributed by atoms with Gasteiger partial charge in [-0.3, -0.25) is 9.89 Å². The number of aromatic amines is 1. The van der Waals surface area contributed by atoms with Gasteiger partial charge in [-0.05, 0) is 30.7 Å². The van der Waals surface area contributed by atoms with Gasteiger partial charge in [-0.1, -0.05) is 15.9 Å². The summed E-state index contributed by atoms with van der Waals surface area (Å²) in [6, 6.07) is 6.09. The van der Waals surface area contributed by atoms with Crippen molar-refractivity contribution in [1.29, 1.82) is 0 Å². The van der Waals surface area contributed by atoms with Gasteiger partial charge in [0.15, 0.2) is 0 Å². The lowest BCUT2D eigenvalue weighted by Crippen LogP contribution is -2.27. The number of aromatic nitrogens is 2. The Balaban J connectivity index is 1.88. The minimum Gasteiger partial charge on any atom is -0.341 e. The fourth-order valence-corrected chi connectivity index (χ4v) is 3.18. The first-order chi connectivity index (χ1) is 9.56. The molecule has 1 N–H and O–H groups in total.